The number of nitrogens with one attached hydrogen (secondary N) is 1. The summed E-state index contributed by atoms with van der Waals surface area (Å²) < 4.78 is 10.5. The SMILES string of the molecule is COc1ccc(NC(=O)N2CCCN3C(=O)CN(CC(C)C)C(=O)C3C2)cc1OC. The van der Waals surface area contributed by atoms with Gasteiger partial charge in [0.1, 0.15) is 6.04 Å². The molecule has 2 heterocycles. The topological polar surface area (TPSA) is 91.4 Å². The zero-order valence-corrected chi connectivity index (χ0v) is 18.0. The summed E-state index contributed by atoms with van der Waals surface area (Å²) in [4.78, 5) is 43.4. The third kappa shape index (κ3) is 4.60. The third-order valence-electron chi connectivity index (χ3n) is 5.35. The third-order valence-corrected chi connectivity index (χ3v) is 5.35. The van der Waals surface area contributed by atoms with E-state index < -0.39 is 6.04 Å². The lowest BCUT2D eigenvalue weighted by Crippen LogP contribution is -2.62. The van der Waals surface area contributed by atoms with E-state index in [1.165, 1.54) is 7.11 Å². The maximum absolute atomic E-state index is 13.0. The van der Waals surface area contributed by atoms with Crippen molar-refractivity contribution in [3.8, 4) is 11.5 Å². The molecule has 3 rings (SSSR count). The van der Waals surface area contributed by atoms with Crippen molar-refractivity contribution in [1.29, 1.82) is 0 Å². The summed E-state index contributed by atoms with van der Waals surface area (Å²) in [7, 11) is 3.07. The monoisotopic (exact) mass is 418 g/mol. The number of benzene rings is 1. The van der Waals surface area contributed by atoms with Crippen molar-refractivity contribution in [3.05, 3.63) is 18.2 Å². The van der Waals surface area contributed by atoms with E-state index in [1.807, 2.05) is 13.8 Å². The molecule has 9 heteroatoms. The normalized spacial score (nSPS) is 19.5. The fraction of sp³-hybridized carbons (Fsp3) is 0.571. The van der Waals surface area contributed by atoms with Crippen LogP contribution in [0.2, 0.25) is 0 Å². The first kappa shape index (κ1) is 21.7. The van der Waals surface area contributed by atoms with Crippen LogP contribution in [0, 0.1) is 5.92 Å². The van der Waals surface area contributed by atoms with Crippen molar-refractivity contribution in [3.63, 3.8) is 0 Å². The van der Waals surface area contributed by atoms with Gasteiger partial charge in [0.15, 0.2) is 11.5 Å². The van der Waals surface area contributed by atoms with Crippen molar-refractivity contribution >= 4 is 23.5 Å². The molecule has 9 nitrogen and oxygen atoms in total. The Morgan fingerprint density at radius 3 is 2.57 bits per heavy atom. The van der Waals surface area contributed by atoms with Crippen molar-refractivity contribution in [2.75, 3.05) is 52.3 Å². The minimum absolute atomic E-state index is 0.0533. The molecule has 0 saturated carbocycles. The Morgan fingerprint density at radius 1 is 1.17 bits per heavy atom. The number of ether oxygens (including phenoxy) is 2. The molecule has 164 valence electrons. The van der Waals surface area contributed by atoms with Gasteiger partial charge in [-0.1, -0.05) is 13.8 Å². The van der Waals surface area contributed by atoms with Crippen molar-refractivity contribution < 1.29 is 23.9 Å². The number of carbonyl (C=O) groups is 3. The predicted octanol–water partition coefficient (Wildman–Crippen LogP) is 1.64. The Kier molecular flexibility index (Phi) is 6.69. The number of amides is 4. The predicted molar refractivity (Wildman–Crippen MR) is 112 cm³/mol. The number of carbonyl (C=O) groups excluding carboxylic acids is 3. The number of hydrogen-bond acceptors (Lipinski definition) is 5. The van der Waals surface area contributed by atoms with Gasteiger partial charge in [0.25, 0.3) is 0 Å². The Morgan fingerprint density at radius 2 is 1.90 bits per heavy atom. The van der Waals surface area contributed by atoms with Crippen LogP contribution in [0.1, 0.15) is 20.3 Å². The average Bonchev–Trinajstić information content (AvgIpc) is 2.95. The first-order valence-corrected chi connectivity index (χ1v) is 10.2. The van der Waals surface area contributed by atoms with Crippen LogP contribution >= 0.6 is 0 Å². The van der Waals surface area contributed by atoms with E-state index in [-0.39, 0.29) is 36.9 Å². The van der Waals surface area contributed by atoms with Crippen LogP contribution in [0.15, 0.2) is 18.2 Å². The molecule has 1 aromatic rings. The zero-order chi connectivity index (χ0) is 21.8. The summed E-state index contributed by atoms with van der Waals surface area (Å²) >= 11 is 0. The maximum atomic E-state index is 13.0. The molecule has 0 aliphatic carbocycles. The highest BCUT2D eigenvalue weighted by molar-refractivity contribution is 5.96. The largest absolute Gasteiger partial charge is 0.493 e. The minimum atomic E-state index is -0.636. The molecule has 2 saturated heterocycles. The van der Waals surface area contributed by atoms with Gasteiger partial charge in [0.2, 0.25) is 11.8 Å². The number of fused-ring (bicyclic) bond motifs is 1. The summed E-state index contributed by atoms with van der Waals surface area (Å²) in [5.41, 5.74) is 0.561. The number of piperazine rings is 1. The molecule has 0 bridgehead atoms. The number of hydrogen-bond donors (Lipinski definition) is 1. The Labute approximate surface area is 176 Å². The van der Waals surface area contributed by atoms with Crippen LogP contribution in [0.5, 0.6) is 11.5 Å². The number of urea groups is 1. The molecular weight excluding hydrogens is 388 g/mol. The van der Waals surface area contributed by atoms with Crippen LogP contribution in [0.4, 0.5) is 10.5 Å². The molecule has 0 radical (unpaired) electrons. The zero-order valence-electron chi connectivity index (χ0n) is 18.0. The molecule has 2 fully saturated rings. The highest BCUT2D eigenvalue weighted by Crippen LogP contribution is 2.30. The van der Waals surface area contributed by atoms with Gasteiger partial charge in [0, 0.05) is 31.4 Å². The highest BCUT2D eigenvalue weighted by Gasteiger charge is 2.42. The van der Waals surface area contributed by atoms with Crippen LogP contribution in [-0.2, 0) is 9.59 Å². The summed E-state index contributed by atoms with van der Waals surface area (Å²) in [6, 6.07) is 4.17. The number of anilines is 1. The number of methoxy groups -OCH3 is 2. The highest BCUT2D eigenvalue weighted by atomic mass is 16.5. The summed E-state index contributed by atoms with van der Waals surface area (Å²) in [6.45, 7) is 5.80. The second-order valence-corrected chi connectivity index (χ2v) is 8.02. The molecule has 4 amide bonds. The van der Waals surface area contributed by atoms with E-state index >= 15 is 0 Å². The van der Waals surface area contributed by atoms with Crippen molar-refractivity contribution in [1.82, 2.24) is 14.7 Å². The van der Waals surface area contributed by atoms with Gasteiger partial charge < -0.3 is 29.5 Å². The standard InChI is InChI=1S/C21H30N4O5/c1-14(2)11-24-13-19(26)25-9-5-8-23(12-16(25)20(24)27)21(28)22-15-6-7-17(29-3)18(10-15)30-4/h6-7,10,14,16H,5,8-9,11-13H2,1-4H3,(H,22,28). The minimum Gasteiger partial charge on any atom is -0.493 e. The molecule has 2 aliphatic rings. The van der Waals surface area contributed by atoms with Crippen LogP contribution < -0.4 is 14.8 Å². The second-order valence-electron chi connectivity index (χ2n) is 8.02. The van der Waals surface area contributed by atoms with Gasteiger partial charge >= 0.3 is 6.03 Å². The van der Waals surface area contributed by atoms with Gasteiger partial charge in [-0.25, -0.2) is 4.79 Å². The van der Waals surface area contributed by atoms with E-state index in [9.17, 15) is 14.4 Å². The van der Waals surface area contributed by atoms with Crippen LogP contribution in [0.3, 0.4) is 0 Å². The molecular formula is C21H30N4O5. The first-order valence-electron chi connectivity index (χ1n) is 10.2. The molecule has 0 spiro atoms. The smallest absolute Gasteiger partial charge is 0.321 e. The van der Waals surface area contributed by atoms with Crippen LogP contribution in [-0.4, -0.2) is 85.5 Å². The van der Waals surface area contributed by atoms with Crippen molar-refractivity contribution in [2.24, 2.45) is 5.92 Å². The van der Waals surface area contributed by atoms with E-state index in [1.54, 1.807) is 40.0 Å². The van der Waals surface area contributed by atoms with Gasteiger partial charge in [-0.3, -0.25) is 9.59 Å². The molecule has 0 aromatic heterocycles. The Balaban J connectivity index is 1.73. The number of rotatable bonds is 5. The molecule has 1 atom stereocenters. The lowest BCUT2D eigenvalue weighted by molar-refractivity contribution is -0.156. The quantitative estimate of drug-likeness (QED) is 0.785. The maximum Gasteiger partial charge on any atom is 0.321 e. The second kappa shape index (κ2) is 9.23. The van der Waals surface area contributed by atoms with E-state index in [4.69, 9.17) is 9.47 Å². The average molecular weight is 418 g/mol. The van der Waals surface area contributed by atoms with E-state index in [0.717, 1.165) is 0 Å². The summed E-state index contributed by atoms with van der Waals surface area (Å²) in [6.07, 6.45) is 0.624. The van der Waals surface area contributed by atoms with Crippen molar-refractivity contribution in [2.45, 2.75) is 26.3 Å². The Bertz CT molecular complexity index is 813. The molecule has 2 aliphatic heterocycles. The Hall–Kier alpha value is -2.97. The first-order chi connectivity index (χ1) is 14.3. The molecule has 1 aromatic carbocycles. The molecule has 1 unspecified atom stereocenters. The fourth-order valence-electron chi connectivity index (χ4n) is 3.94. The van der Waals surface area contributed by atoms with Gasteiger partial charge in [0.05, 0.1) is 27.3 Å². The van der Waals surface area contributed by atoms with Gasteiger partial charge in [-0.05, 0) is 24.5 Å². The number of nitrogens with zero attached hydrogens (tertiary/aromatic N) is 3. The van der Waals surface area contributed by atoms with Gasteiger partial charge in [-0.15, -0.1) is 0 Å². The molecule has 30 heavy (non-hydrogen) atoms. The lowest BCUT2D eigenvalue weighted by Gasteiger charge is -2.40. The summed E-state index contributed by atoms with van der Waals surface area (Å²) in [5, 5.41) is 2.85. The lowest BCUT2D eigenvalue weighted by atomic mass is 10.1. The van der Waals surface area contributed by atoms with E-state index in [0.29, 0.717) is 43.2 Å². The molecule has 1 N–H and O–H groups in total. The van der Waals surface area contributed by atoms with Crippen LogP contribution in [0.25, 0.3) is 0 Å². The van der Waals surface area contributed by atoms with Gasteiger partial charge in [-0.2, -0.15) is 0 Å². The summed E-state index contributed by atoms with van der Waals surface area (Å²) in [5.74, 6) is 1.20. The van der Waals surface area contributed by atoms with E-state index in [2.05, 4.69) is 5.32 Å². The fourth-order valence-corrected chi connectivity index (χ4v) is 3.94.